The van der Waals surface area contributed by atoms with Crippen molar-refractivity contribution in [2.75, 3.05) is 5.32 Å². The van der Waals surface area contributed by atoms with Gasteiger partial charge in [-0.1, -0.05) is 11.6 Å². The second-order valence-electron chi connectivity index (χ2n) is 6.32. The Balaban J connectivity index is 1.74. The molecule has 0 atom stereocenters. The van der Waals surface area contributed by atoms with E-state index in [4.69, 9.17) is 16.3 Å². The van der Waals surface area contributed by atoms with Crippen LogP contribution in [-0.4, -0.2) is 28.9 Å². The normalized spacial score (nSPS) is 21.3. The Morgan fingerprint density at radius 2 is 2.00 bits per heavy atom. The minimum Gasteiger partial charge on any atom is -0.506 e. The molecule has 1 amide bonds. The van der Waals surface area contributed by atoms with E-state index < -0.39 is 5.60 Å². The first-order chi connectivity index (χ1) is 9.73. The molecule has 1 fully saturated rings. The van der Waals surface area contributed by atoms with E-state index >= 15 is 0 Å². The Kier molecular flexibility index (Phi) is 4.52. The van der Waals surface area contributed by atoms with Crippen molar-refractivity contribution in [1.82, 2.24) is 5.32 Å². The quantitative estimate of drug-likeness (QED) is 0.747. The summed E-state index contributed by atoms with van der Waals surface area (Å²) in [7, 11) is 0. The highest BCUT2D eigenvalue weighted by Gasteiger charge is 2.31. The SMILES string of the molecule is CC(C)(C)OC(=O)NC1CC(Nc2ccc(O)c(Cl)c2)C1. The van der Waals surface area contributed by atoms with Gasteiger partial charge in [-0.15, -0.1) is 0 Å². The second kappa shape index (κ2) is 6.02. The van der Waals surface area contributed by atoms with Crippen LogP contribution in [0.4, 0.5) is 10.5 Å². The van der Waals surface area contributed by atoms with E-state index in [2.05, 4.69) is 10.6 Å². The molecule has 21 heavy (non-hydrogen) atoms. The summed E-state index contributed by atoms with van der Waals surface area (Å²) in [6.45, 7) is 5.52. The number of phenols is 1. The van der Waals surface area contributed by atoms with E-state index in [0.717, 1.165) is 18.5 Å². The van der Waals surface area contributed by atoms with E-state index in [1.165, 1.54) is 0 Å². The number of carbonyl (C=O) groups is 1. The molecule has 5 nitrogen and oxygen atoms in total. The van der Waals surface area contributed by atoms with Crippen LogP contribution >= 0.6 is 11.6 Å². The maximum absolute atomic E-state index is 11.6. The Morgan fingerprint density at radius 1 is 1.33 bits per heavy atom. The maximum Gasteiger partial charge on any atom is 0.407 e. The number of carbonyl (C=O) groups excluding carboxylic acids is 1. The molecular weight excluding hydrogens is 292 g/mol. The summed E-state index contributed by atoms with van der Waals surface area (Å²) in [5.74, 6) is 0.0697. The van der Waals surface area contributed by atoms with Gasteiger partial charge >= 0.3 is 6.09 Å². The number of benzene rings is 1. The predicted octanol–water partition coefficient (Wildman–Crippen LogP) is 3.51. The van der Waals surface area contributed by atoms with Crippen molar-refractivity contribution in [1.29, 1.82) is 0 Å². The van der Waals surface area contributed by atoms with Crippen LogP contribution in [-0.2, 0) is 4.74 Å². The Hall–Kier alpha value is -1.62. The maximum atomic E-state index is 11.6. The summed E-state index contributed by atoms with van der Waals surface area (Å²) in [6, 6.07) is 5.43. The lowest BCUT2D eigenvalue weighted by molar-refractivity contribution is 0.0475. The number of aromatic hydroxyl groups is 1. The lowest BCUT2D eigenvalue weighted by Crippen LogP contribution is -2.50. The minimum absolute atomic E-state index is 0.0697. The zero-order chi connectivity index (χ0) is 15.6. The second-order valence-corrected chi connectivity index (χ2v) is 6.73. The molecule has 0 unspecified atom stereocenters. The Morgan fingerprint density at radius 3 is 2.57 bits per heavy atom. The predicted molar refractivity (Wildman–Crippen MR) is 82.9 cm³/mol. The molecule has 0 heterocycles. The molecular formula is C15H21ClN2O3. The summed E-state index contributed by atoms with van der Waals surface area (Å²) >= 11 is 5.85. The fourth-order valence-corrected chi connectivity index (χ4v) is 2.34. The number of ether oxygens (including phenoxy) is 1. The van der Waals surface area contributed by atoms with Crippen molar-refractivity contribution < 1.29 is 14.6 Å². The average Bonchev–Trinajstić information content (AvgIpc) is 2.28. The monoisotopic (exact) mass is 312 g/mol. The summed E-state index contributed by atoms with van der Waals surface area (Å²) in [6.07, 6.45) is 1.29. The summed E-state index contributed by atoms with van der Waals surface area (Å²) in [4.78, 5) is 11.6. The van der Waals surface area contributed by atoms with Gasteiger partial charge in [0, 0.05) is 17.8 Å². The highest BCUT2D eigenvalue weighted by Crippen LogP contribution is 2.29. The number of phenolic OH excluding ortho intramolecular Hbond substituents is 1. The highest BCUT2D eigenvalue weighted by molar-refractivity contribution is 6.32. The lowest BCUT2D eigenvalue weighted by atomic mass is 9.86. The molecule has 0 aliphatic heterocycles. The van der Waals surface area contributed by atoms with Crippen LogP contribution in [0.3, 0.4) is 0 Å². The fraction of sp³-hybridized carbons (Fsp3) is 0.533. The number of hydrogen-bond donors (Lipinski definition) is 3. The molecule has 0 spiro atoms. The van der Waals surface area contributed by atoms with Gasteiger partial charge < -0.3 is 20.5 Å². The molecule has 0 radical (unpaired) electrons. The molecule has 1 aliphatic carbocycles. The molecule has 2 rings (SSSR count). The standard InChI is InChI=1S/C15H21ClN2O3/c1-15(2,3)21-14(20)18-11-6-10(7-11)17-9-4-5-13(19)12(16)8-9/h4-5,8,10-11,17,19H,6-7H2,1-3H3,(H,18,20). The van der Waals surface area contributed by atoms with Gasteiger partial charge in [-0.3, -0.25) is 0 Å². The number of halogens is 1. The number of nitrogens with one attached hydrogen (secondary N) is 2. The van der Waals surface area contributed by atoms with Crippen molar-refractivity contribution >= 4 is 23.4 Å². The molecule has 0 saturated heterocycles. The van der Waals surface area contributed by atoms with Gasteiger partial charge in [-0.2, -0.15) is 0 Å². The zero-order valence-electron chi connectivity index (χ0n) is 12.4. The molecule has 1 aromatic carbocycles. The van der Waals surface area contributed by atoms with Crippen molar-refractivity contribution in [3.63, 3.8) is 0 Å². The van der Waals surface area contributed by atoms with Crippen molar-refractivity contribution in [2.45, 2.75) is 51.3 Å². The van der Waals surface area contributed by atoms with E-state index in [9.17, 15) is 9.90 Å². The molecule has 0 aromatic heterocycles. The van der Waals surface area contributed by atoms with Crippen LogP contribution in [0.5, 0.6) is 5.75 Å². The summed E-state index contributed by atoms with van der Waals surface area (Å²) in [5, 5.41) is 15.8. The number of anilines is 1. The van der Waals surface area contributed by atoms with Crippen LogP contribution in [0.25, 0.3) is 0 Å². The third kappa shape index (κ3) is 4.70. The molecule has 116 valence electrons. The van der Waals surface area contributed by atoms with Gasteiger partial charge in [0.2, 0.25) is 0 Å². The van der Waals surface area contributed by atoms with Crippen molar-refractivity contribution in [3.8, 4) is 5.75 Å². The van der Waals surface area contributed by atoms with E-state index in [1.807, 2.05) is 20.8 Å². The van der Waals surface area contributed by atoms with Gasteiger partial charge in [0.05, 0.1) is 5.02 Å². The lowest BCUT2D eigenvalue weighted by Gasteiger charge is -2.37. The third-order valence-electron chi connectivity index (χ3n) is 3.18. The first kappa shape index (κ1) is 15.8. The summed E-state index contributed by atoms with van der Waals surface area (Å²) < 4.78 is 5.21. The molecule has 1 aliphatic rings. The Labute approximate surface area is 129 Å². The molecule has 6 heteroatoms. The van der Waals surface area contributed by atoms with Crippen LogP contribution in [0.1, 0.15) is 33.6 Å². The van der Waals surface area contributed by atoms with E-state index in [1.54, 1.807) is 18.2 Å². The van der Waals surface area contributed by atoms with Gasteiger partial charge in [0.15, 0.2) is 0 Å². The zero-order valence-corrected chi connectivity index (χ0v) is 13.2. The van der Waals surface area contributed by atoms with Gasteiger partial charge in [-0.25, -0.2) is 4.79 Å². The largest absolute Gasteiger partial charge is 0.506 e. The number of alkyl carbamates (subject to hydrolysis) is 1. The van der Waals surface area contributed by atoms with Gasteiger partial charge in [-0.05, 0) is 51.8 Å². The summed E-state index contributed by atoms with van der Waals surface area (Å²) in [5.41, 5.74) is 0.382. The highest BCUT2D eigenvalue weighted by atomic mass is 35.5. The molecule has 0 bridgehead atoms. The van der Waals surface area contributed by atoms with Crippen molar-refractivity contribution in [3.05, 3.63) is 23.2 Å². The third-order valence-corrected chi connectivity index (χ3v) is 3.48. The van der Waals surface area contributed by atoms with E-state index in [0.29, 0.717) is 5.02 Å². The van der Waals surface area contributed by atoms with Crippen molar-refractivity contribution in [2.24, 2.45) is 0 Å². The van der Waals surface area contributed by atoms with Crippen LogP contribution < -0.4 is 10.6 Å². The molecule has 1 saturated carbocycles. The van der Waals surface area contributed by atoms with Crippen LogP contribution in [0, 0.1) is 0 Å². The number of amides is 1. The Bertz CT molecular complexity index is 522. The average molecular weight is 313 g/mol. The van der Waals surface area contributed by atoms with Crippen LogP contribution in [0.2, 0.25) is 5.02 Å². The van der Waals surface area contributed by atoms with Gasteiger partial charge in [0.25, 0.3) is 0 Å². The van der Waals surface area contributed by atoms with Gasteiger partial charge in [0.1, 0.15) is 11.4 Å². The molecule has 3 N–H and O–H groups in total. The first-order valence-electron chi connectivity index (χ1n) is 6.97. The first-order valence-corrected chi connectivity index (χ1v) is 7.35. The topological polar surface area (TPSA) is 70.6 Å². The molecule has 1 aromatic rings. The van der Waals surface area contributed by atoms with Crippen LogP contribution in [0.15, 0.2) is 18.2 Å². The smallest absolute Gasteiger partial charge is 0.407 e. The fourth-order valence-electron chi connectivity index (χ4n) is 2.16. The number of rotatable bonds is 3. The van der Waals surface area contributed by atoms with E-state index in [-0.39, 0.29) is 23.9 Å². The number of hydrogen-bond acceptors (Lipinski definition) is 4. The minimum atomic E-state index is -0.478.